The minimum atomic E-state index is -0.492. The molecule has 0 spiro atoms. The Labute approximate surface area is 198 Å². The minimum Gasteiger partial charge on any atom is -0.497 e. The second-order valence-corrected chi connectivity index (χ2v) is 7.69. The highest BCUT2D eigenvalue weighted by Crippen LogP contribution is 2.39. The number of aryl methyl sites for hydroxylation is 1. The molecule has 1 aliphatic rings. The lowest BCUT2D eigenvalue weighted by molar-refractivity contribution is -0.120. The third-order valence-electron chi connectivity index (χ3n) is 5.47. The van der Waals surface area contributed by atoms with Crippen LogP contribution in [0.1, 0.15) is 18.1 Å². The molecule has 0 radical (unpaired) electrons. The quantitative estimate of drug-likeness (QED) is 0.489. The van der Waals surface area contributed by atoms with Crippen LogP contribution in [0.25, 0.3) is 5.57 Å². The largest absolute Gasteiger partial charge is 0.497 e. The van der Waals surface area contributed by atoms with E-state index in [2.05, 4.69) is 5.32 Å². The van der Waals surface area contributed by atoms with Crippen LogP contribution in [-0.2, 0) is 9.59 Å². The van der Waals surface area contributed by atoms with Gasteiger partial charge in [-0.2, -0.15) is 0 Å². The maximum absolute atomic E-state index is 13.7. The monoisotopic (exact) mass is 458 g/mol. The second kappa shape index (κ2) is 9.70. The van der Waals surface area contributed by atoms with Crippen molar-refractivity contribution < 1.29 is 23.8 Å². The van der Waals surface area contributed by atoms with Crippen LogP contribution in [0.3, 0.4) is 0 Å². The van der Waals surface area contributed by atoms with Crippen LogP contribution in [0, 0.1) is 6.92 Å². The molecule has 7 heteroatoms. The van der Waals surface area contributed by atoms with Crippen molar-refractivity contribution in [3.8, 4) is 17.2 Å². The summed E-state index contributed by atoms with van der Waals surface area (Å²) in [5.41, 5.74) is 3.07. The Morgan fingerprint density at radius 3 is 2.29 bits per heavy atom. The van der Waals surface area contributed by atoms with Crippen molar-refractivity contribution in [3.63, 3.8) is 0 Å². The van der Waals surface area contributed by atoms with Gasteiger partial charge in [0.15, 0.2) is 0 Å². The van der Waals surface area contributed by atoms with Crippen LogP contribution in [0.5, 0.6) is 17.2 Å². The van der Waals surface area contributed by atoms with E-state index >= 15 is 0 Å². The Bertz CT molecular complexity index is 1260. The maximum Gasteiger partial charge on any atom is 0.282 e. The van der Waals surface area contributed by atoms with Crippen LogP contribution in [-0.4, -0.2) is 32.6 Å². The number of carbonyl (C=O) groups excluding carboxylic acids is 2. The summed E-state index contributed by atoms with van der Waals surface area (Å²) >= 11 is 0. The number of ether oxygens (including phenoxy) is 3. The van der Waals surface area contributed by atoms with E-state index in [0.29, 0.717) is 40.8 Å². The average Bonchev–Trinajstić information content (AvgIpc) is 3.08. The van der Waals surface area contributed by atoms with E-state index in [-0.39, 0.29) is 11.3 Å². The predicted molar refractivity (Wildman–Crippen MR) is 131 cm³/mol. The summed E-state index contributed by atoms with van der Waals surface area (Å²) in [6.45, 7) is 4.38. The number of hydrogen-bond donors (Lipinski definition) is 1. The van der Waals surface area contributed by atoms with E-state index in [4.69, 9.17) is 14.2 Å². The summed E-state index contributed by atoms with van der Waals surface area (Å²) in [6.07, 6.45) is 0. The van der Waals surface area contributed by atoms with E-state index in [0.717, 1.165) is 10.5 Å². The first-order valence-corrected chi connectivity index (χ1v) is 10.9. The molecule has 4 rings (SSSR count). The number of anilines is 2. The third-order valence-corrected chi connectivity index (χ3v) is 5.47. The Morgan fingerprint density at radius 1 is 0.853 bits per heavy atom. The molecule has 0 unspecified atom stereocenters. The van der Waals surface area contributed by atoms with E-state index in [1.165, 1.54) is 14.2 Å². The van der Waals surface area contributed by atoms with Crippen molar-refractivity contribution in [2.75, 3.05) is 31.0 Å². The first-order chi connectivity index (χ1) is 16.5. The lowest BCUT2D eigenvalue weighted by Gasteiger charge is -2.19. The highest BCUT2D eigenvalue weighted by molar-refractivity contribution is 6.46. The molecule has 7 nitrogen and oxygen atoms in total. The predicted octanol–water partition coefficient (Wildman–Crippen LogP) is 4.81. The molecule has 2 amide bonds. The van der Waals surface area contributed by atoms with Crippen molar-refractivity contribution in [2.24, 2.45) is 0 Å². The molecule has 0 aliphatic carbocycles. The lowest BCUT2D eigenvalue weighted by Crippen LogP contribution is -2.32. The van der Waals surface area contributed by atoms with Gasteiger partial charge in [-0.25, -0.2) is 4.90 Å². The zero-order valence-corrected chi connectivity index (χ0v) is 19.5. The summed E-state index contributed by atoms with van der Waals surface area (Å²) in [5.74, 6) is 0.593. The van der Waals surface area contributed by atoms with Crippen molar-refractivity contribution >= 4 is 28.8 Å². The third kappa shape index (κ3) is 4.32. The normalized spacial score (nSPS) is 13.4. The molecular formula is C27H26N2O5. The van der Waals surface area contributed by atoms with Gasteiger partial charge in [0.25, 0.3) is 11.8 Å². The summed E-state index contributed by atoms with van der Waals surface area (Å²) in [6, 6.07) is 19.7. The maximum atomic E-state index is 13.7. The number of imide groups is 1. The smallest absolute Gasteiger partial charge is 0.282 e. The molecule has 3 aromatic carbocycles. The molecule has 1 N–H and O–H groups in total. The number of nitrogens with zero attached hydrogens (tertiary/aromatic N) is 1. The fourth-order valence-electron chi connectivity index (χ4n) is 3.80. The zero-order chi connectivity index (χ0) is 24.2. The summed E-state index contributed by atoms with van der Waals surface area (Å²) < 4.78 is 16.4. The van der Waals surface area contributed by atoms with Crippen molar-refractivity contribution in [3.05, 3.63) is 83.6 Å². The van der Waals surface area contributed by atoms with Crippen molar-refractivity contribution in [1.29, 1.82) is 0 Å². The molecule has 0 saturated heterocycles. The molecule has 3 aromatic rings. The van der Waals surface area contributed by atoms with Crippen molar-refractivity contribution in [2.45, 2.75) is 13.8 Å². The molecule has 0 atom stereocenters. The summed E-state index contributed by atoms with van der Waals surface area (Å²) in [4.78, 5) is 28.5. The number of nitrogens with one attached hydrogen (secondary N) is 1. The van der Waals surface area contributed by atoms with Gasteiger partial charge in [0, 0.05) is 17.8 Å². The Balaban J connectivity index is 1.83. The van der Waals surface area contributed by atoms with E-state index in [1.54, 1.807) is 24.3 Å². The first-order valence-electron chi connectivity index (χ1n) is 10.9. The van der Waals surface area contributed by atoms with E-state index in [9.17, 15) is 9.59 Å². The molecule has 0 saturated carbocycles. The molecule has 0 bridgehead atoms. The van der Waals surface area contributed by atoms with Crippen LogP contribution in [0.4, 0.5) is 11.4 Å². The molecule has 1 heterocycles. The van der Waals surface area contributed by atoms with Gasteiger partial charge in [0.2, 0.25) is 0 Å². The molecule has 1 aliphatic heterocycles. The SMILES string of the molecule is CCOc1cccc(NC2=C(c3ccc(C)cc3)C(=O)N(c3cc(OC)ccc3OC)C2=O)c1. The summed E-state index contributed by atoms with van der Waals surface area (Å²) in [5, 5.41) is 3.16. The average molecular weight is 459 g/mol. The number of carbonyl (C=O) groups is 2. The van der Waals surface area contributed by atoms with Gasteiger partial charge in [-0.15, -0.1) is 0 Å². The standard InChI is InChI=1S/C27H26N2O5/c1-5-34-21-8-6-7-19(15-21)28-25-24(18-11-9-17(2)10-12-18)26(30)29(27(25)31)22-16-20(32-3)13-14-23(22)33-4/h6-16,28H,5H2,1-4H3. The molecule has 34 heavy (non-hydrogen) atoms. The van der Waals surface area contributed by atoms with Gasteiger partial charge in [0.1, 0.15) is 22.9 Å². The number of rotatable bonds is 8. The highest BCUT2D eigenvalue weighted by atomic mass is 16.5. The topological polar surface area (TPSA) is 77.1 Å². The van der Waals surface area contributed by atoms with Gasteiger partial charge in [0.05, 0.1) is 32.1 Å². The molecule has 0 fully saturated rings. The van der Waals surface area contributed by atoms with Gasteiger partial charge < -0.3 is 19.5 Å². The van der Waals surface area contributed by atoms with Crippen LogP contribution in [0.15, 0.2) is 72.4 Å². The number of benzene rings is 3. The fraction of sp³-hybridized carbons (Fsp3) is 0.185. The molecular weight excluding hydrogens is 432 g/mol. The molecule has 0 aromatic heterocycles. The Kier molecular flexibility index (Phi) is 6.54. The van der Waals surface area contributed by atoms with E-state index < -0.39 is 11.8 Å². The first kappa shape index (κ1) is 22.9. The van der Waals surface area contributed by atoms with Crippen LogP contribution in [0.2, 0.25) is 0 Å². The van der Waals surface area contributed by atoms with Crippen LogP contribution < -0.4 is 24.4 Å². The van der Waals surface area contributed by atoms with Gasteiger partial charge in [-0.3, -0.25) is 9.59 Å². The number of hydrogen-bond acceptors (Lipinski definition) is 6. The zero-order valence-electron chi connectivity index (χ0n) is 19.5. The van der Waals surface area contributed by atoms with Gasteiger partial charge >= 0.3 is 0 Å². The number of methoxy groups -OCH3 is 2. The van der Waals surface area contributed by atoms with Crippen molar-refractivity contribution in [1.82, 2.24) is 0 Å². The Hall–Kier alpha value is -4.26. The minimum absolute atomic E-state index is 0.173. The van der Waals surface area contributed by atoms with E-state index in [1.807, 2.05) is 56.3 Å². The van der Waals surface area contributed by atoms with Crippen LogP contribution >= 0.6 is 0 Å². The highest BCUT2D eigenvalue weighted by Gasteiger charge is 2.41. The lowest BCUT2D eigenvalue weighted by atomic mass is 10.0. The second-order valence-electron chi connectivity index (χ2n) is 7.69. The van der Waals surface area contributed by atoms with Gasteiger partial charge in [-0.05, 0) is 43.7 Å². The summed E-state index contributed by atoms with van der Waals surface area (Å²) in [7, 11) is 3.01. The number of amides is 2. The fourth-order valence-corrected chi connectivity index (χ4v) is 3.80. The Morgan fingerprint density at radius 2 is 1.62 bits per heavy atom. The van der Waals surface area contributed by atoms with Gasteiger partial charge in [-0.1, -0.05) is 35.9 Å². The molecule has 174 valence electrons.